The quantitative estimate of drug-likeness (QED) is 0.903. The summed E-state index contributed by atoms with van der Waals surface area (Å²) in [7, 11) is 2.01. The minimum absolute atomic E-state index is 0.528. The highest BCUT2D eigenvalue weighted by Gasteiger charge is 2.31. The molecule has 0 radical (unpaired) electrons. The van der Waals surface area contributed by atoms with Crippen LogP contribution in [0.1, 0.15) is 58.2 Å². The van der Waals surface area contributed by atoms with E-state index in [9.17, 15) is 0 Å². The average molecular weight is 263 g/mol. The molecule has 1 aliphatic rings. The summed E-state index contributed by atoms with van der Waals surface area (Å²) in [5.41, 5.74) is 3.13. The van der Waals surface area contributed by atoms with E-state index < -0.39 is 0 Å². The summed E-state index contributed by atoms with van der Waals surface area (Å²) in [6.07, 6.45) is 7.14. The van der Waals surface area contributed by atoms with Crippen LogP contribution in [0.3, 0.4) is 0 Å². The van der Waals surface area contributed by atoms with E-state index >= 15 is 0 Å². The molecule has 3 heteroatoms. The molecule has 1 N–H and O–H groups in total. The smallest absolute Gasteiger partial charge is 0.0666 e. The van der Waals surface area contributed by atoms with Gasteiger partial charge in [0.1, 0.15) is 0 Å². The van der Waals surface area contributed by atoms with Gasteiger partial charge >= 0.3 is 0 Å². The predicted molar refractivity (Wildman–Crippen MR) is 80.0 cm³/mol. The molecule has 108 valence electrons. The molecule has 19 heavy (non-hydrogen) atoms. The SMILES string of the molecule is CCc1nn(C)cc1CNC1CCC(C)(C)CC1C. The Kier molecular flexibility index (Phi) is 4.34. The number of rotatable bonds is 4. The summed E-state index contributed by atoms with van der Waals surface area (Å²) in [6.45, 7) is 10.3. The Bertz CT molecular complexity index is 420. The minimum Gasteiger partial charge on any atom is -0.310 e. The molecule has 1 saturated carbocycles. The second-order valence-corrected chi connectivity index (χ2v) is 7.00. The highest BCUT2D eigenvalue weighted by atomic mass is 15.3. The van der Waals surface area contributed by atoms with Gasteiger partial charge in [-0.05, 0) is 37.0 Å². The molecule has 1 heterocycles. The fourth-order valence-corrected chi connectivity index (χ4v) is 3.52. The van der Waals surface area contributed by atoms with Crippen molar-refractivity contribution in [3.63, 3.8) is 0 Å². The third-order valence-electron chi connectivity index (χ3n) is 4.57. The molecule has 1 fully saturated rings. The molecule has 0 aromatic carbocycles. The molecule has 0 bridgehead atoms. The molecule has 1 aromatic rings. The van der Waals surface area contributed by atoms with E-state index in [-0.39, 0.29) is 0 Å². The van der Waals surface area contributed by atoms with Gasteiger partial charge in [0, 0.05) is 31.4 Å². The van der Waals surface area contributed by atoms with Crippen molar-refractivity contribution in [3.8, 4) is 0 Å². The van der Waals surface area contributed by atoms with Gasteiger partial charge in [-0.25, -0.2) is 0 Å². The first-order chi connectivity index (χ1) is 8.91. The zero-order valence-electron chi connectivity index (χ0n) is 13.2. The number of aromatic nitrogens is 2. The predicted octanol–water partition coefficient (Wildman–Crippen LogP) is 3.29. The van der Waals surface area contributed by atoms with Crippen LogP contribution in [0.5, 0.6) is 0 Å². The molecule has 2 atom stereocenters. The van der Waals surface area contributed by atoms with E-state index in [1.165, 1.54) is 30.5 Å². The van der Waals surface area contributed by atoms with Crippen LogP contribution in [0.4, 0.5) is 0 Å². The third-order valence-corrected chi connectivity index (χ3v) is 4.57. The summed E-state index contributed by atoms with van der Waals surface area (Å²) in [4.78, 5) is 0. The van der Waals surface area contributed by atoms with E-state index in [2.05, 4.69) is 44.3 Å². The van der Waals surface area contributed by atoms with Crippen LogP contribution in [-0.2, 0) is 20.0 Å². The number of hydrogen-bond acceptors (Lipinski definition) is 2. The zero-order valence-corrected chi connectivity index (χ0v) is 13.2. The molecular formula is C16H29N3. The molecule has 0 aliphatic heterocycles. The number of nitrogens with zero attached hydrogens (tertiary/aromatic N) is 2. The van der Waals surface area contributed by atoms with Crippen LogP contribution in [-0.4, -0.2) is 15.8 Å². The van der Waals surface area contributed by atoms with Crippen molar-refractivity contribution in [2.75, 3.05) is 0 Å². The van der Waals surface area contributed by atoms with Gasteiger partial charge in [0.2, 0.25) is 0 Å². The van der Waals surface area contributed by atoms with E-state index in [1.54, 1.807) is 0 Å². The molecule has 0 spiro atoms. The lowest BCUT2D eigenvalue weighted by molar-refractivity contribution is 0.148. The molecular weight excluding hydrogens is 234 g/mol. The van der Waals surface area contributed by atoms with Gasteiger partial charge in [-0.15, -0.1) is 0 Å². The van der Waals surface area contributed by atoms with E-state index in [0.717, 1.165) is 18.9 Å². The van der Waals surface area contributed by atoms with Crippen molar-refractivity contribution in [3.05, 3.63) is 17.5 Å². The van der Waals surface area contributed by atoms with Gasteiger partial charge < -0.3 is 5.32 Å². The highest BCUT2D eigenvalue weighted by molar-refractivity contribution is 5.16. The number of aryl methyl sites for hydroxylation is 2. The zero-order chi connectivity index (χ0) is 14.0. The van der Waals surface area contributed by atoms with E-state index in [4.69, 9.17) is 0 Å². The Morgan fingerprint density at radius 3 is 2.84 bits per heavy atom. The first-order valence-corrected chi connectivity index (χ1v) is 7.66. The normalized spacial score (nSPS) is 26.6. The first-order valence-electron chi connectivity index (χ1n) is 7.66. The van der Waals surface area contributed by atoms with Gasteiger partial charge in [-0.1, -0.05) is 27.7 Å². The summed E-state index contributed by atoms with van der Waals surface area (Å²) in [5, 5.41) is 8.27. The van der Waals surface area contributed by atoms with Crippen LogP contribution >= 0.6 is 0 Å². The average Bonchev–Trinajstić information content (AvgIpc) is 2.67. The van der Waals surface area contributed by atoms with E-state index in [0.29, 0.717) is 11.5 Å². The van der Waals surface area contributed by atoms with E-state index in [1.807, 2.05) is 11.7 Å². The van der Waals surface area contributed by atoms with Crippen molar-refractivity contribution >= 4 is 0 Å². The Hall–Kier alpha value is -0.830. The van der Waals surface area contributed by atoms with Crippen molar-refractivity contribution in [1.29, 1.82) is 0 Å². The molecule has 1 aliphatic carbocycles. The summed E-state index contributed by atoms with van der Waals surface area (Å²) < 4.78 is 1.93. The molecule has 0 saturated heterocycles. The number of nitrogens with one attached hydrogen (secondary N) is 1. The number of hydrogen-bond donors (Lipinski definition) is 1. The molecule has 0 amide bonds. The molecule has 3 nitrogen and oxygen atoms in total. The molecule has 2 rings (SSSR count). The molecule has 2 unspecified atom stereocenters. The van der Waals surface area contributed by atoms with Crippen molar-refractivity contribution in [2.45, 2.75) is 66.0 Å². The summed E-state index contributed by atoms with van der Waals surface area (Å²) >= 11 is 0. The minimum atomic E-state index is 0.528. The van der Waals surface area contributed by atoms with Crippen LogP contribution in [0.2, 0.25) is 0 Å². The van der Waals surface area contributed by atoms with Gasteiger partial charge in [-0.2, -0.15) is 5.10 Å². The van der Waals surface area contributed by atoms with Crippen LogP contribution in [0, 0.1) is 11.3 Å². The van der Waals surface area contributed by atoms with Gasteiger partial charge in [-0.3, -0.25) is 4.68 Å². The summed E-state index contributed by atoms with van der Waals surface area (Å²) in [6, 6.07) is 0.665. The van der Waals surface area contributed by atoms with Crippen LogP contribution in [0.15, 0.2) is 6.20 Å². The highest BCUT2D eigenvalue weighted by Crippen LogP contribution is 2.38. The monoisotopic (exact) mass is 263 g/mol. The standard InChI is InChI=1S/C16H29N3/c1-6-14-13(11-19(5)18-14)10-17-15-7-8-16(3,4)9-12(15)2/h11-12,15,17H,6-10H2,1-5H3. The summed E-state index contributed by atoms with van der Waals surface area (Å²) in [5.74, 6) is 0.769. The fraction of sp³-hybridized carbons (Fsp3) is 0.812. The van der Waals surface area contributed by atoms with Gasteiger partial charge in [0.05, 0.1) is 5.69 Å². The maximum atomic E-state index is 4.51. The van der Waals surface area contributed by atoms with Gasteiger partial charge in [0.15, 0.2) is 0 Å². The second-order valence-electron chi connectivity index (χ2n) is 7.00. The topological polar surface area (TPSA) is 29.9 Å². The largest absolute Gasteiger partial charge is 0.310 e. The lowest BCUT2D eigenvalue weighted by Gasteiger charge is -2.39. The Balaban J connectivity index is 1.92. The second kappa shape index (κ2) is 5.66. The maximum Gasteiger partial charge on any atom is 0.0666 e. The third kappa shape index (κ3) is 3.59. The van der Waals surface area contributed by atoms with Crippen molar-refractivity contribution in [1.82, 2.24) is 15.1 Å². The lowest BCUT2D eigenvalue weighted by Crippen LogP contribution is -2.41. The first kappa shape index (κ1) is 14.6. The lowest BCUT2D eigenvalue weighted by atomic mass is 9.70. The van der Waals surface area contributed by atoms with Crippen molar-refractivity contribution < 1.29 is 0 Å². The Labute approximate surface area is 117 Å². The van der Waals surface area contributed by atoms with Crippen LogP contribution < -0.4 is 5.32 Å². The van der Waals surface area contributed by atoms with Crippen LogP contribution in [0.25, 0.3) is 0 Å². The fourth-order valence-electron chi connectivity index (χ4n) is 3.52. The molecule has 1 aromatic heterocycles. The maximum absolute atomic E-state index is 4.51. The Morgan fingerprint density at radius 2 is 2.21 bits per heavy atom. The Morgan fingerprint density at radius 1 is 1.47 bits per heavy atom. The van der Waals surface area contributed by atoms with Gasteiger partial charge in [0.25, 0.3) is 0 Å². The van der Waals surface area contributed by atoms with Crippen molar-refractivity contribution in [2.24, 2.45) is 18.4 Å².